The fourth-order valence-corrected chi connectivity index (χ4v) is 3.96. The molecular formula is C19H30N2O2. The molecule has 0 radical (unpaired) electrons. The fourth-order valence-electron chi connectivity index (χ4n) is 3.96. The zero-order valence-corrected chi connectivity index (χ0v) is 14.8. The molecule has 0 bridgehead atoms. The lowest BCUT2D eigenvalue weighted by molar-refractivity contribution is 0.0661. The third-order valence-corrected chi connectivity index (χ3v) is 5.33. The molecule has 1 unspecified atom stereocenters. The van der Waals surface area contributed by atoms with E-state index in [4.69, 9.17) is 9.47 Å². The lowest BCUT2D eigenvalue weighted by Crippen LogP contribution is -2.50. The highest BCUT2D eigenvalue weighted by Crippen LogP contribution is 2.39. The van der Waals surface area contributed by atoms with Gasteiger partial charge in [-0.1, -0.05) is 19.8 Å². The smallest absolute Gasteiger partial charge is 0.161 e. The summed E-state index contributed by atoms with van der Waals surface area (Å²) in [5.74, 6) is 1.71. The number of hydrogen-bond acceptors (Lipinski definition) is 4. The third-order valence-electron chi connectivity index (χ3n) is 5.33. The van der Waals surface area contributed by atoms with E-state index in [0.29, 0.717) is 6.04 Å². The molecule has 0 aromatic heterocycles. The normalized spacial score (nSPS) is 21.6. The number of benzene rings is 1. The minimum absolute atomic E-state index is 0.508. The van der Waals surface area contributed by atoms with Gasteiger partial charge < -0.3 is 14.4 Å². The summed E-state index contributed by atoms with van der Waals surface area (Å²) >= 11 is 0. The van der Waals surface area contributed by atoms with E-state index in [0.717, 1.165) is 31.0 Å². The Bertz CT molecular complexity index is 532. The van der Waals surface area contributed by atoms with E-state index in [1.807, 2.05) is 0 Å². The van der Waals surface area contributed by atoms with E-state index in [-0.39, 0.29) is 0 Å². The molecule has 0 amide bonds. The summed E-state index contributed by atoms with van der Waals surface area (Å²) in [6.07, 6.45) is 5.07. The number of fused-ring (bicyclic) bond motifs is 3. The average molecular weight is 318 g/mol. The summed E-state index contributed by atoms with van der Waals surface area (Å²) in [5.41, 5.74) is 2.87. The van der Waals surface area contributed by atoms with Crippen molar-refractivity contribution in [2.45, 2.75) is 38.6 Å². The fraction of sp³-hybridized carbons (Fsp3) is 0.684. The van der Waals surface area contributed by atoms with Crippen LogP contribution in [0.15, 0.2) is 12.1 Å². The first-order valence-corrected chi connectivity index (χ1v) is 8.98. The van der Waals surface area contributed by atoms with Crippen molar-refractivity contribution in [2.75, 3.05) is 46.9 Å². The Labute approximate surface area is 140 Å². The van der Waals surface area contributed by atoms with Gasteiger partial charge in [-0.25, -0.2) is 0 Å². The topological polar surface area (TPSA) is 24.9 Å². The van der Waals surface area contributed by atoms with E-state index in [2.05, 4.69) is 28.9 Å². The molecule has 2 aliphatic rings. The van der Waals surface area contributed by atoms with Gasteiger partial charge in [0.1, 0.15) is 0 Å². The van der Waals surface area contributed by atoms with Crippen molar-refractivity contribution in [3.63, 3.8) is 0 Å². The van der Waals surface area contributed by atoms with Crippen molar-refractivity contribution in [1.29, 1.82) is 0 Å². The Morgan fingerprint density at radius 3 is 2.57 bits per heavy atom. The minimum atomic E-state index is 0.508. The molecule has 1 fully saturated rings. The standard InChI is InChI=1S/C19H30N2O2/c1-4-5-6-8-20-10-11-21-9-7-15-12-18(22-2)19(23-3)13-16(15)17(21)14-20/h12-13,17H,4-11,14H2,1-3H3. The summed E-state index contributed by atoms with van der Waals surface area (Å²) in [6.45, 7) is 8.21. The van der Waals surface area contributed by atoms with Crippen molar-refractivity contribution in [3.8, 4) is 11.5 Å². The summed E-state index contributed by atoms with van der Waals surface area (Å²) < 4.78 is 11.0. The van der Waals surface area contributed by atoms with Crippen LogP contribution in [0.1, 0.15) is 43.4 Å². The first-order chi connectivity index (χ1) is 11.3. The summed E-state index contributed by atoms with van der Waals surface area (Å²) in [5, 5.41) is 0. The van der Waals surface area contributed by atoms with Gasteiger partial charge in [0, 0.05) is 32.2 Å². The van der Waals surface area contributed by atoms with Gasteiger partial charge in [0.25, 0.3) is 0 Å². The predicted octanol–water partition coefficient (Wildman–Crippen LogP) is 3.11. The molecule has 0 N–H and O–H groups in total. The van der Waals surface area contributed by atoms with E-state index >= 15 is 0 Å². The number of ether oxygens (including phenoxy) is 2. The van der Waals surface area contributed by atoms with Gasteiger partial charge in [0.2, 0.25) is 0 Å². The first kappa shape index (κ1) is 16.6. The van der Waals surface area contributed by atoms with E-state index < -0.39 is 0 Å². The van der Waals surface area contributed by atoms with E-state index in [1.165, 1.54) is 50.0 Å². The molecule has 0 saturated carbocycles. The Morgan fingerprint density at radius 2 is 1.83 bits per heavy atom. The van der Waals surface area contributed by atoms with Gasteiger partial charge in [0.05, 0.1) is 14.2 Å². The Hall–Kier alpha value is -1.26. The first-order valence-electron chi connectivity index (χ1n) is 8.98. The van der Waals surface area contributed by atoms with E-state index in [9.17, 15) is 0 Å². The molecule has 1 atom stereocenters. The van der Waals surface area contributed by atoms with E-state index in [1.54, 1.807) is 14.2 Å². The minimum Gasteiger partial charge on any atom is -0.493 e. The van der Waals surface area contributed by atoms with Gasteiger partial charge in [-0.2, -0.15) is 0 Å². The molecule has 1 saturated heterocycles. The molecule has 1 aromatic carbocycles. The maximum Gasteiger partial charge on any atom is 0.161 e. The molecular weight excluding hydrogens is 288 g/mol. The van der Waals surface area contributed by atoms with Crippen LogP contribution in [0.5, 0.6) is 11.5 Å². The molecule has 1 aromatic rings. The maximum atomic E-state index is 5.53. The van der Waals surface area contributed by atoms with Crippen LogP contribution >= 0.6 is 0 Å². The van der Waals surface area contributed by atoms with Crippen LogP contribution in [0.3, 0.4) is 0 Å². The number of nitrogens with zero attached hydrogens (tertiary/aromatic N) is 2. The highest BCUT2D eigenvalue weighted by Gasteiger charge is 2.33. The van der Waals surface area contributed by atoms with Crippen LogP contribution in [-0.4, -0.2) is 56.7 Å². The molecule has 3 rings (SSSR count). The van der Waals surface area contributed by atoms with Crippen molar-refractivity contribution in [2.24, 2.45) is 0 Å². The quantitative estimate of drug-likeness (QED) is 0.753. The number of rotatable bonds is 6. The number of piperazine rings is 1. The van der Waals surface area contributed by atoms with Crippen LogP contribution in [0.2, 0.25) is 0 Å². The van der Waals surface area contributed by atoms with Crippen molar-refractivity contribution in [1.82, 2.24) is 9.80 Å². The largest absolute Gasteiger partial charge is 0.493 e. The maximum absolute atomic E-state index is 5.53. The van der Waals surface area contributed by atoms with Gasteiger partial charge in [-0.15, -0.1) is 0 Å². The average Bonchev–Trinajstić information content (AvgIpc) is 2.60. The van der Waals surface area contributed by atoms with Gasteiger partial charge in [0.15, 0.2) is 11.5 Å². The second-order valence-electron chi connectivity index (χ2n) is 6.72. The lowest BCUT2D eigenvalue weighted by Gasteiger charge is -2.45. The summed E-state index contributed by atoms with van der Waals surface area (Å²) in [6, 6.07) is 4.90. The Kier molecular flexibility index (Phi) is 5.44. The van der Waals surface area contributed by atoms with Crippen LogP contribution in [0, 0.1) is 0 Å². The van der Waals surface area contributed by atoms with Crippen molar-refractivity contribution >= 4 is 0 Å². The number of unbranched alkanes of at least 4 members (excludes halogenated alkanes) is 2. The zero-order chi connectivity index (χ0) is 16.2. The van der Waals surface area contributed by atoms with Crippen LogP contribution < -0.4 is 9.47 Å². The van der Waals surface area contributed by atoms with Crippen molar-refractivity contribution < 1.29 is 9.47 Å². The van der Waals surface area contributed by atoms with Gasteiger partial charge in [-0.05, 0) is 42.6 Å². The zero-order valence-electron chi connectivity index (χ0n) is 14.8. The molecule has 23 heavy (non-hydrogen) atoms. The number of hydrogen-bond donors (Lipinski definition) is 0. The van der Waals surface area contributed by atoms with Crippen LogP contribution in [0.25, 0.3) is 0 Å². The third kappa shape index (κ3) is 3.48. The Balaban J connectivity index is 1.79. The second kappa shape index (κ2) is 7.54. The highest BCUT2D eigenvalue weighted by molar-refractivity contribution is 5.49. The summed E-state index contributed by atoms with van der Waals surface area (Å²) in [4.78, 5) is 5.28. The van der Waals surface area contributed by atoms with Crippen LogP contribution in [0.4, 0.5) is 0 Å². The molecule has 4 nitrogen and oxygen atoms in total. The SMILES string of the molecule is CCCCCN1CCN2CCc3cc(OC)c(OC)cc3C2C1. The van der Waals surface area contributed by atoms with Crippen LogP contribution in [-0.2, 0) is 6.42 Å². The molecule has 128 valence electrons. The monoisotopic (exact) mass is 318 g/mol. The Morgan fingerprint density at radius 1 is 1.04 bits per heavy atom. The van der Waals surface area contributed by atoms with Gasteiger partial charge in [-0.3, -0.25) is 4.90 Å². The molecule has 0 aliphatic carbocycles. The molecule has 4 heteroatoms. The molecule has 2 heterocycles. The second-order valence-corrected chi connectivity index (χ2v) is 6.72. The highest BCUT2D eigenvalue weighted by atomic mass is 16.5. The molecule has 0 spiro atoms. The lowest BCUT2D eigenvalue weighted by atomic mass is 9.90. The van der Waals surface area contributed by atoms with Crippen molar-refractivity contribution in [3.05, 3.63) is 23.3 Å². The number of methoxy groups -OCH3 is 2. The van der Waals surface area contributed by atoms with Gasteiger partial charge >= 0.3 is 0 Å². The molecule has 2 aliphatic heterocycles. The predicted molar refractivity (Wildman–Crippen MR) is 93.5 cm³/mol. The summed E-state index contributed by atoms with van der Waals surface area (Å²) in [7, 11) is 3.44.